The molecular formula is C18H19BrN2O. The molecule has 0 fully saturated rings. The molecule has 22 heavy (non-hydrogen) atoms. The number of para-hydroxylation sites is 1. The minimum atomic E-state index is -1.12. The number of hydrogen-bond donors (Lipinski definition) is 1. The normalized spacial score (nSPS) is 23.0. The van der Waals surface area contributed by atoms with E-state index in [4.69, 9.17) is 4.99 Å². The molecule has 0 saturated heterocycles. The zero-order chi connectivity index (χ0) is 14.3. The van der Waals surface area contributed by atoms with Crippen LogP contribution in [0.1, 0.15) is 24.0 Å². The summed E-state index contributed by atoms with van der Waals surface area (Å²) in [6, 6.07) is 18.0. The predicted molar refractivity (Wildman–Crippen MR) is 95.1 cm³/mol. The number of amidine groups is 1. The van der Waals surface area contributed by atoms with E-state index in [0.29, 0.717) is 0 Å². The quantitative estimate of drug-likeness (QED) is 0.846. The van der Waals surface area contributed by atoms with E-state index in [9.17, 15) is 5.11 Å². The zero-order valence-electron chi connectivity index (χ0n) is 12.3. The van der Waals surface area contributed by atoms with Gasteiger partial charge in [0.2, 0.25) is 0 Å². The number of benzene rings is 2. The highest BCUT2D eigenvalue weighted by Crippen LogP contribution is 2.45. The maximum atomic E-state index is 11.6. The van der Waals surface area contributed by atoms with Gasteiger partial charge in [0, 0.05) is 24.3 Å². The van der Waals surface area contributed by atoms with Crippen molar-refractivity contribution in [3.05, 3.63) is 65.7 Å². The van der Waals surface area contributed by atoms with E-state index in [0.717, 1.165) is 48.6 Å². The van der Waals surface area contributed by atoms with Crippen LogP contribution in [0.2, 0.25) is 0 Å². The Hall–Kier alpha value is -1.65. The molecule has 1 unspecified atom stereocenters. The SMILES string of the molecule is Br.OC1(c2ccccc2)C2=NCCCCN2c2ccccc21. The van der Waals surface area contributed by atoms with Crippen LogP contribution in [0.15, 0.2) is 59.6 Å². The van der Waals surface area contributed by atoms with Crippen molar-refractivity contribution < 1.29 is 5.11 Å². The first-order valence-electron chi connectivity index (χ1n) is 7.51. The van der Waals surface area contributed by atoms with Gasteiger partial charge in [-0.15, -0.1) is 17.0 Å². The molecule has 4 rings (SSSR count). The summed E-state index contributed by atoms with van der Waals surface area (Å²) >= 11 is 0. The molecule has 1 N–H and O–H groups in total. The van der Waals surface area contributed by atoms with Crippen molar-refractivity contribution >= 4 is 28.5 Å². The van der Waals surface area contributed by atoms with Gasteiger partial charge >= 0.3 is 0 Å². The van der Waals surface area contributed by atoms with Crippen molar-refractivity contribution in [3.63, 3.8) is 0 Å². The highest BCUT2D eigenvalue weighted by atomic mass is 79.9. The fourth-order valence-electron chi connectivity index (χ4n) is 3.40. The molecule has 0 bridgehead atoms. The molecule has 0 amide bonds. The molecular weight excluding hydrogens is 340 g/mol. The molecule has 0 spiro atoms. The Kier molecular flexibility index (Phi) is 4.06. The fourth-order valence-corrected chi connectivity index (χ4v) is 3.40. The maximum Gasteiger partial charge on any atom is 0.174 e. The lowest BCUT2D eigenvalue weighted by Gasteiger charge is -2.27. The van der Waals surface area contributed by atoms with Crippen LogP contribution >= 0.6 is 17.0 Å². The Morgan fingerprint density at radius 1 is 0.955 bits per heavy atom. The van der Waals surface area contributed by atoms with E-state index in [1.165, 1.54) is 0 Å². The number of fused-ring (bicyclic) bond motifs is 3. The Morgan fingerprint density at radius 3 is 2.50 bits per heavy atom. The van der Waals surface area contributed by atoms with E-state index in [1.807, 2.05) is 48.5 Å². The summed E-state index contributed by atoms with van der Waals surface area (Å²) in [4.78, 5) is 6.91. The summed E-state index contributed by atoms with van der Waals surface area (Å²) in [6.07, 6.45) is 2.18. The minimum absolute atomic E-state index is 0. The number of hydrogen-bond acceptors (Lipinski definition) is 3. The van der Waals surface area contributed by atoms with Gasteiger partial charge in [-0.3, -0.25) is 4.99 Å². The van der Waals surface area contributed by atoms with E-state index in [2.05, 4.69) is 11.0 Å². The first-order chi connectivity index (χ1) is 10.3. The molecule has 1 atom stereocenters. The Bertz CT molecular complexity index is 701. The second kappa shape index (κ2) is 5.86. The van der Waals surface area contributed by atoms with Crippen molar-refractivity contribution in [2.75, 3.05) is 18.0 Å². The number of aliphatic hydroxyl groups is 1. The van der Waals surface area contributed by atoms with Crippen LogP contribution in [0.5, 0.6) is 0 Å². The summed E-state index contributed by atoms with van der Waals surface area (Å²) in [6.45, 7) is 1.71. The van der Waals surface area contributed by atoms with Gasteiger partial charge < -0.3 is 10.0 Å². The van der Waals surface area contributed by atoms with E-state index in [-0.39, 0.29) is 17.0 Å². The first kappa shape index (κ1) is 15.3. The summed E-state index contributed by atoms with van der Waals surface area (Å²) in [5.41, 5.74) is 1.80. The molecule has 0 radical (unpaired) electrons. The molecule has 3 nitrogen and oxygen atoms in total. The predicted octanol–water partition coefficient (Wildman–Crippen LogP) is 3.51. The zero-order valence-corrected chi connectivity index (χ0v) is 14.0. The van der Waals surface area contributed by atoms with Crippen LogP contribution in [0, 0.1) is 0 Å². The smallest absolute Gasteiger partial charge is 0.174 e. The van der Waals surface area contributed by atoms with Gasteiger partial charge in [0.1, 0.15) is 5.84 Å². The lowest BCUT2D eigenvalue weighted by Crippen LogP contribution is -2.41. The van der Waals surface area contributed by atoms with Crippen LogP contribution in [0.3, 0.4) is 0 Å². The first-order valence-corrected chi connectivity index (χ1v) is 7.51. The maximum absolute atomic E-state index is 11.6. The molecule has 2 aromatic rings. The number of aliphatic imine (C=N–C) groups is 1. The lowest BCUT2D eigenvalue weighted by molar-refractivity contribution is 0.159. The number of nitrogens with zero attached hydrogens (tertiary/aromatic N) is 2. The average Bonchev–Trinajstić information content (AvgIpc) is 2.72. The minimum Gasteiger partial charge on any atom is -0.373 e. The van der Waals surface area contributed by atoms with Gasteiger partial charge in [0.15, 0.2) is 5.60 Å². The van der Waals surface area contributed by atoms with Crippen molar-refractivity contribution in [2.45, 2.75) is 18.4 Å². The molecule has 2 aromatic carbocycles. The lowest BCUT2D eigenvalue weighted by atomic mass is 9.87. The molecule has 2 aliphatic rings. The molecule has 0 aliphatic carbocycles. The van der Waals surface area contributed by atoms with Gasteiger partial charge in [0.25, 0.3) is 0 Å². The monoisotopic (exact) mass is 358 g/mol. The third-order valence-corrected chi connectivity index (χ3v) is 4.41. The van der Waals surface area contributed by atoms with Gasteiger partial charge in [-0.05, 0) is 24.5 Å². The standard InChI is InChI=1S/C18H18N2O.BrH/c21-18(14-8-2-1-3-9-14)15-10-4-5-11-16(15)20-13-7-6-12-19-17(18)20;/h1-5,8-11,21H,6-7,12-13H2;1H. The second-order valence-electron chi connectivity index (χ2n) is 5.66. The number of rotatable bonds is 1. The van der Waals surface area contributed by atoms with Crippen LogP contribution in [-0.4, -0.2) is 24.0 Å². The Morgan fingerprint density at radius 2 is 1.68 bits per heavy atom. The molecule has 0 aromatic heterocycles. The van der Waals surface area contributed by atoms with Gasteiger partial charge in [-0.2, -0.15) is 0 Å². The third kappa shape index (κ3) is 2.09. The number of halogens is 1. The van der Waals surface area contributed by atoms with E-state index in [1.54, 1.807) is 0 Å². The highest BCUT2D eigenvalue weighted by molar-refractivity contribution is 8.93. The highest BCUT2D eigenvalue weighted by Gasteiger charge is 2.48. The van der Waals surface area contributed by atoms with Crippen LogP contribution in [0.25, 0.3) is 0 Å². The van der Waals surface area contributed by atoms with E-state index >= 15 is 0 Å². The summed E-state index contributed by atoms with van der Waals surface area (Å²) in [7, 11) is 0. The van der Waals surface area contributed by atoms with Crippen molar-refractivity contribution in [2.24, 2.45) is 4.99 Å². The molecule has 0 saturated carbocycles. The Balaban J connectivity index is 0.00000144. The molecule has 4 heteroatoms. The Labute approximate surface area is 141 Å². The molecule has 2 heterocycles. The van der Waals surface area contributed by atoms with Gasteiger partial charge in [-0.25, -0.2) is 0 Å². The third-order valence-electron chi connectivity index (χ3n) is 4.41. The summed E-state index contributed by atoms with van der Waals surface area (Å²) < 4.78 is 0. The molecule has 2 aliphatic heterocycles. The fraction of sp³-hybridized carbons (Fsp3) is 0.278. The van der Waals surface area contributed by atoms with Gasteiger partial charge in [-0.1, -0.05) is 48.5 Å². The van der Waals surface area contributed by atoms with Crippen LogP contribution in [0.4, 0.5) is 5.69 Å². The second-order valence-corrected chi connectivity index (χ2v) is 5.66. The summed E-state index contributed by atoms with van der Waals surface area (Å²) in [5, 5.41) is 11.6. The van der Waals surface area contributed by atoms with Crippen molar-refractivity contribution in [1.82, 2.24) is 0 Å². The van der Waals surface area contributed by atoms with Crippen molar-refractivity contribution in [3.8, 4) is 0 Å². The van der Waals surface area contributed by atoms with E-state index < -0.39 is 5.60 Å². The number of anilines is 1. The average molecular weight is 359 g/mol. The van der Waals surface area contributed by atoms with Gasteiger partial charge in [0.05, 0.1) is 0 Å². The molecule has 114 valence electrons. The summed E-state index contributed by atoms with van der Waals surface area (Å²) in [5.74, 6) is 0.785. The van der Waals surface area contributed by atoms with Crippen molar-refractivity contribution in [1.29, 1.82) is 0 Å². The van der Waals surface area contributed by atoms with Crippen LogP contribution < -0.4 is 4.90 Å². The van der Waals surface area contributed by atoms with Crippen LogP contribution in [-0.2, 0) is 5.60 Å². The largest absolute Gasteiger partial charge is 0.373 e. The topological polar surface area (TPSA) is 35.8 Å².